The molecule has 0 bridgehead atoms. The molecule has 0 aromatic heterocycles. The van der Waals surface area contributed by atoms with Crippen LogP contribution in [0.4, 0.5) is 0 Å². The molecule has 1 heterocycles. The molecule has 11 rings (SSSR count). The number of para-hydroxylation sites is 2. The molecule has 0 saturated heterocycles. The number of nitrogens with two attached hydrogens (primary N) is 1. The van der Waals surface area contributed by atoms with Gasteiger partial charge in [-0.1, -0.05) is 195 Å². The summed E-state index contributed by atoms with van der Waals surface area (Å²) in [6, 6.07) is 74.5. The Morgan fingerprint density at radius 3 is 1.89 bits per heavy atom. The molecule has 0 fully saturated rings. The standard InChI is InChI=1S/C57H41N3O/c1-37(44-23-7-8-24-45(44)39-18-3-2-4-19-39)59-56(43-34-33-38-17-5-6-20-40(38)35-43)60-55(58)42-22-15-21-41(36-42)46-26-16-30-51-54(46)47-25-9-10-27-48(47)57(51)49-28-11-13-31-52(49)61-53-32-14-12-29-50(53)57/h2-36,55H,1,58H2,(H,59,60). The highest BCUT2D eigenvalue weighted by atomic mass is 16.5. The van der Waals surface area contributed by atoms with Gasteiger partial charge in [0.1, 0.15) is 23.5 Å². The van der Waals surface area contributed by atoms with Gasteiger partial charge in [0, 0.05) is 22.3 Å². The van der Waals surface area contributed by atoms with Crippen LogP contribution >= 0.6 is 0 Å². The van der Waals surface area contributed by atoms with Crippen LogP contribution in [0.2, 0.25) is 0 Å². The quantitative estimate of drug-likeness (QED) is 0.0961. The molecular formula is C57H41N3O. The third-order valence-electron chi connectivity index (χ3n) is 12.3. The number of amidine groups is 1. The second-order valence-electron chi connectivity index (χ2n) is 15.7. The van der Waals surface area contributed by atoms with Crippen LogP contribution in [-0.4, -0.2) is 5.84 Å². The average molecular weight is 784 g/mol. The van der Waals surface area contributed by atoms with Crippen molar-refractivity contribution < 1.29 is 4.74 Å². The number of ether oxygens (including phenoxy) is 1. The van der Waals surface area contributed by atoms with Gasteiger partial charge >= 0.3 is 0 Å². The van der Waals surface area contributed by atoms with Crippen molar-refractivity contribution in [3.05, 3.63) is 258 Å². The van der Waals surface area contributed by atoms with Crippen molar-refractivity contribution in [1.29, 1.82) is 0 Å². The molecule has 61 heavy (non-hydrogen) atoms. The minimum Gasteiger partial charge on any atom is -0.457 e. The Bertz CT molecular complexity index is 3150. The predicted octanol–water partition coefficient (Wildman–Crippen LogP) is 13.3. The molecule has 9 aromatic carbocycles. The van der Waals surface area contributed by atoms with E-state index in [1.54, 1.807) is 0 Å². The normalized spacial score (nSPS) is 13.7. The Hall–Kier alpha value is -7.79. The summed E-state index contributed by atoms with van der Waals surface area (Å²) in [5, 5.41) is 5.91. The SMILES string of the molecule is C=C(/N=C(\NC(N)c1cccc(-c2cccc3c2-c2ccccc2C32c3ccccc3Oc3ccccc32)c1)c1ccc2ccccc2c1)c1ccccc1-c1ccccc1. The summed E-state index contributed by atoms with van der Waals surface area (Å²) in [5.41, 5.74) is 21.7. The highest BCUT2D eigenvalue weighted by Crippen LogP contribution is 2.63. The van der Waals surface area contributed by atoms with E-state index in [2.05, 4.69) is 212 Å². The maximum absolute atomic E-state index is 7.20. The van der Waals surface area contributed by atoms with Gasteiger partial charge in [0.25, 0.3) is 0 Å². The lowest BCUT2D eigenvalue weighted by molar-refractivity contribution is 0.436. The van der Waals surface area contributed by atoms with Gasteiger partial charge < -0.3 is 15.8 Å². The minimum absolute atomic E-state index is 0.546. The van der Waals surface area contributed by atoms with Crippen molar-refractivity contribution in [3.8, 4) is 44.9 Å². The van der Waals surface area contributed by atoms with Gasteiger partial charge in [-0.05, 0) is 85.1 Å². The van der Waals surface area contributed by atoms with Crippen LogP contribution in [0.1, 0.15) is 45.1 Å². The van der Waals surface area contributed by atoms with Crippen LogP contribution in [-0.2, 0) is 5.41 Å². The van der Waals surface area contributed by atoms with Crippen molar-refractivity contribution >= 4 is 22.3 Å². The van der Waals surface area contributed by atoms with Crippen LogP contribution in [0.3, 0.4) is 0 Å². The fourth-order valence-corrected chi connectivity index (χ4v) is 9.59. The highest BCUT2D eigenvalue weighted by molar-refractivity contribution is 6.05. The van der Waals surface area contributed by atoms with Gasteiger partial charge in [-0.3, -0.25) is 0 Å². The fraction of sp³-hybridized carbons (Fsp3) is 0.0351. The van der Waals surface area contributed by atoms with Gasteiger partial charge in [0.15, 0.2) is 0 Å². The lowest BCUT2D eigenvalue weighted by atomic mass is 9.66. The number of benzene rings is 9. The smallest absolute Gasteiger partial charge is 0.135 e. The molecule has 2 aliphatic rings. The zero-order chi connectivity index (χ0) is 40.9. The molecule has 1 aliphatic heterocycles. The molecule has 3 N–H and O–H groups in total. The summed E-state index contributed by atoms with van der Waals surface area (Å²) in [4.78, 5) is 5.23. The van der Waals surface area contributed by atoms with E-state index in [0.29, 0.717) is 11.5 Å². The van der Waals surface area contributed by atoms with Gasteiger partial charge in [0.05, 0.1) is 11.1 Å². The minimum atomic E-state index is -0.591. The number of nitrogens with one attached hydrogen (secondary N) is 1. The number of hydrogen-bond acceptors (Lipinski definition) is 3. The van der Waals surface area contributed by atoms with Gasteiger partial charge in [-0.2, -0.15) is 0 Å². The Morgan fingerprint density at radius 1 is 0.508 bits per heavy atom. The Labute approximate surface area is 356 Å². The number of rotatable bonds is 7. The van der Waals surface area contributed by atoms with Gasteiger partial charge in [-0.25, -0.2) is 4.99 Å². The second-order valence-corrected chi connectivity index (χ2v) is 15.7. The molecule has 1 spiro atoms. The molecule has 1 unspecified atom stereocenters. The molecule has 0 saturated carbocycles. The maximum atomic E-state index is 7.20. The molecule has 9 aromatic rings. The van der Waals surface area contributed by atoms with E-state index in [0.717, 1.165) is 72.3 Å². The molecule has 0 radical (unpaired) electrons. The first-order valence-corrected chi connectivity index (χ1v) is 20.7. The zero-order valence-electron chi connectivity index (χ0n) is 33.4. The van der Waals surface area contributed by atoms with Crippen LogP contribution in [0.5, 0.6) is 11.5 Å². The van der Waals surface area contributed by atoms with E-state index < -0.39 is 11.6 Å². The third-order valence-corrected chi connectivity index (χ3v) is 12.3. The number of fused-ring (bicyclic) bond motifs is 10. The fourth-order valence-electron chi connectivity index (χ4n) is 9.59. The van der Waals surface area contributed by atoms with Crippen LogP contribution in [0, 0.1) is 0 Å². The van der Waals surface area contributed by atoms with Crippen molar-refractivity contribution in [2.75, 3.05) is 0 Å². The Balaban J connectivity index is 1.01. The first kappa shape index (κ1) is 36.3. The monoisotopic (exact) mass is 783 g/mol. The Kier molecular flexibility index (Phi) is 8.80. The summed E-state index contributed by atoms with van der Waals surface area (Å²) in [6.45, 7) is 4.51. The topological polar surface area (TPSA) is 59.6 Å². The Morgan fingerprint density at radius 2 is 1.10 bits per heavy atom. The second kappa shape index (κ2) is 14.8. The van der Waals surface area contributed by atoms with Gasteiger partial charge in [-0.15, -0.1) is 0 Å². The zero-order valence-corrected chi connectivity index (χ0v) is 33.4. The third kappa shape index (κ3) is 5.99. The van der Waals surface area contributed by atoms with E-state index in [1.807, 2.05) is 12.1 Å². The average Bonchev–Trinajstić information content (AvgIpc) is 3.62. The molecule has 0 amide bonds. The van der Waals surface area contributed by atoms with E-state index in [-0.39, 0.29) is 0 Å². The summed E-state index contributed by atoms with van der Waals surface area (Å²) < 4.78 is 6.57. The predicted molar refractivity (Wildman–Crippen MR) is 251 cm³/mol. The van der Waals surface area contributed by atoms with Crippen LogP contribution in [0.15, 0.2) is 224 Å². The van der Waals surface area contributed by atoms with E-state index in [1.165, 1.54) is 22.3 Å². The highest BCUT2D eigenvalue weighted by Gasteiger charge is 2.51. The number of hydrogen-bond donors (Lipinski definition) is 2. The largest absolute Gasteiger partial charge is 0.457 e. The summed E-state index contributed by atoms with van der Waals surface area (Å²) in [6.07, 6.45) is -0.591. The van der Waals surface area contributed by atoms with Crippen molar-refractivity contribution in [2.24, 2.45) is 10.7 Å². The van der Waals surface area contributed by atoms with Crippen molar-refractivity contribution in [3.63, 3.8) is 0 Å². The summed E-state index contributed by atoms with van der Waals surface area (Å²) in [7, 11) is 0. The number of nitrogens with zero attached hydrogens (tertiary/aromatic N) is 1. The first-order chi connectivity index (χ1) is 30.1. The molecule has 290 valence electrons. The summed E-state index contributed by atoms with van der Waals surface area (Å²) >= 11 is 0. The molecule has 1 aliphatic carbocycles. The van der Waals surface area contributed by atoms with Gasteiger partial charge in [0.2, 0.25) is 0 Å². The van der Waals surface area contributed by atoms with Crippen LogP contribution < -0.4 is 15.8 Å². The number of aliphatic imine (C=N–C) groups is 1. The van der Waals surface area contributed by atoms with E-state index >= 15 is 0 Å². The molecular weight excluding hydrogens is 743 g/mol. The van der Waals surface area contributed by atoms with E-state index in [9.17, 15) is 0 Å². The lowest BCUT2D eigenvalue weighted by Crippen LogP contribution is -2.34. The first-order valence-electron chi connectivity index (χ1n) is 20.7. The molecule has 4 heteroatoms. The molecule has 4 nitrogen and oxygen atoms in total. The lowest BCUT2D eigenvalue weighted by Gasteiger charge is -2.39. The maximum Gasteiger partial charge on any atom is 0.135 e. The van der Waals surface area contributed by atoms with Crippen molar-refractivity contribution in [1.82, 2.24) is 5.32 Å². The summed E-state index contributed by atoms with van der Waals surface area (Å²) in [5.74, 6) is 2.40. The molecule has 1 atom stereocenters. The van der Waals surface area contributed by atoms with Crippen molar-refractivity contribution in [2.45, 2.75) is 11.6 Å². The van der Waals surface area contributed by atoms with Crippen LogP contribution in [0.25, 0.3) is 49.9 Å². The van der Waals surface area contributed by atoms with E-state index in [4.69, 9.17) is 15.5 Å².